The number of hydrogen-bond acceptors (Lipinski definition) is 3. The first-order valence-corrected chi connectivity index (χ1v) is 5.82. The molecule has 0 bridgehead atoms. The van der Waals surface area contributed by atoms with Gasteiger partial charge in [0.05, 0.1) is 0 Å². The van der Waals surface area contributed by atoms with Gasteiger partial charge in [-0.3, -0.25) is 9.69 Å². The van der Waals surface area contributed by atoms with Crippen LogP contribution in [0.3, 0.4) is 0 Å². The average Bonchev–Trinajstić information content (AvgIpc) is 2.56. The first-order chi connectivity index (χ1) is 8.09. The summed E-state index contributed by atoms with van der Waals surface area (Å²) in [4.78, 5) is 18.0. The van der Waals surface area contributed by atoms with Crippen molar-refractivity contribution in [2.45, 2.75) is 32.9 Å². The molecule has 1 unspecified atom stereocenters. The molecule has 0 saturated heterocycles. The third kappa shape index (κ3) is 2.30. The molecule has 0 saturated carbocycles. The Balaban J connectivity index is 2.20. The molecule has 0 spiro atoms. The third-order valence-electron chi connectivity index (χ3n) is 2.69. The molecule has 1 aliphatic rings. The molecule has 1 atom stereocenters. The highest BCUT2D eigenvalue weighted by atomic mass is 16.2. The van der Waals surface area contributed by atoms with Crippen molar-refractivity contribution < 1.29 is 4.79 Å². The molecule has 1 aliphatic heterocycles. The Morgan fingerprint density at radius 3 is 2.53 bits per heavy atom. The van der Waals surface area contributed by atoms with Gasteiger partial charge in [0.2, 0.25) is 5.96 Å². The molecule has 1 amide bonds. The first kappa shape index (κ1) is 11.6. The minimum Gasteiger partial charge on any atom is -0.326 e. The lowest BCUT2D eigenvalue weighted by Crippen LogP contribution is -2.42. The maximum absolute atomic E-state index is 11.9. The molecule has 4 nitrogen and oxygen atoms in total. The Morgan fingerprint density at radius 1 is 1.29 bits per heavy atom. The van der Waals surface area contributed by atoms with Gasteiger partial charge < -0.3 is 5.32 Å². The Labute approximate surface area is 101 Å². The number of amides is 1. The third-order valence-corrected chi connectivity index (χ3v) is 2.69. The Hall–Kier alpha value is -1.84. The van der Waals surface area contributed by atoms with Crippen LogP contribution in [0.5, 0.6) is 0 Å². The standard InChI is InChI=1S/C13H17N3O/c1-9(2)16-12(17)10(3)14-13(16)15-11-7-5-4-6-8-11/h4-10H,1-3H3,(H,14,15). The van der Waals surface area contributed by atoms with Gasteiger partial charge in [-0.1, -0.05) is 18.2 Å². The summed E-state index contributed by atoms with van der Waals surface area (Å²) in [5.41, 5.74) is 0.943. The topological polar surface area (TPSA) is 44.7 Å². The molecule has 0 aromatic heterocycles. The zero-order valence-electron chi connectivity index (χ0n) is 10.3. The van der Waals surface area contributed by atoms with E-state index in [1.807, 2.05) is 51.1 Å². The fourth-order valence-electron chi connectivity index (χ4n) is 1.85. The van der Waals surface area contributed by atoms with Gasteiger partial charge in [-0.25, -0.2) is 4.99 Å². The summed E-state index contributed by atoms with van der Waals surface area (Å²) in [6, 6.07) is 9.58. The highest BCUT2D eigenvalue weighted by Gasteiger charge is 2.33. The van der Waals surface area contributed by atoms with E-state index in [-0.39, 0.29) is 18.0 Å². The molecule has 1 N–H and O–H groups in total. The Kier molecular flexibility index (Phi) is 3.13. The van der Waals surface area contributed by atoms with E-state index in [0.717, 1.165) is 5.69 Å². The highest BCUT2D eigenvalue weighted by Crippen LogP contribution is 2.16. The molecule has 0 aliphatic carbocycles. The van der Waals surface area contributed by atoms with Gasteiger partial charge in [-0.2, -0.15) is 0 Å². The van der Waals surface area contributed by atoms with Crippen molar-refractivity contribution in [1.29, 1.82) is 0 Å². The molecular weight excluding hydrogens is 214 g/mol. The molecule has 2 rings (SSSR count). The minimum atomic E-state index is -0.288. The lowest BCUT2D eigenvalue weighted by atomic mass is 10.3. The largest absolute Gasteiger partial charge is 0.326 e. The number of nitrogens with zero attached hydrogens (tertiary/aromatic N) is 2. The smallest absolute Gasteiger partial charge is 0.254 e. The highest BCUT2D eigenvalue weighted by molar-refractivity contribution is 6.10. The molecule has 1 aromatic carbocycles. The van der Waals surface area contributed by atoms with Gasteiger partial charge in [0.25, 0.3) is 5.91 Å². The molecule has 90 valence electrons. The van der Waals surface area contributed by atoms with Crippen LogP contribution < -0.4 is 5.32 Å². The van der Waals surface area contributed by atoms with E-state index >= 15 is 0 Å². The Bertz CT molecular complexity index is 439. The van der Waals surface area contributed by atoms with Crippen molar-refractivity contribution in [3.8, 4) is 0 Å². The second kappa shape index (κ2) is 4.57. The van der Waals surface area contributed by atoms with Gasteiger partial charge in [-0.15, -0.1) is 0 Å². The summed E-state index contributed by atoms with van der Waals surface area (Å²) in [5, 5.41) is 3.19. The second-order valence-electron chi connectivity index (χ2n) is 4.42. The van der Waals surface area contributed by atoms with Crippen molar-refractivity contribution in [2.24, 2.45) is 4.99 Å². The average molecular weight is 231 g/mol. The lowest BCUT2D eigenvalue weighted by molar-refractivity contribution is -0.128. The number of anilines is 1. The zero-order chi connectivity index (χ0) is 12.4. The normalized spacial score (nSPS) is 19.8. The quantitative estimate of drug-likeness (QED) is 0.847. The van der Waals surface area contributed by atoms with Crippen LogP contribution >= 0.6 is 0 Å². The van der Waals surface area contributed by atoms with E-state index in [1.54, 1.807) is 4.90 Å². The van der Waals surface area contributed by atoms with Gasteiger partial charge >= 0.3 is 0 Å². The molecule has 0 fully saturated rings. The van der Waals surface area contributed by atoms with Crippen LogP contribution in [-0.4, -0.2) is 28.9 Å². The van der Waals surface area contributed by atoms with E-state index in [1.165, 1.54) is 0 Å². The first-order valence-electron chi connectivity index (χ1n) is 5.82. The number of carbonyl (C=O) groups is 1. The van der Waals surface area contributed by atoms with Crippen LogP contribution in [-0.2, 0) is 4.79 Å². The van der Waals surface area contributed by atoms with Crippen LogP contribution in [0.4, 0.5) is 5.69 Å². The van der Waals surface area contributed by atoms with Crippen LogP contribution in [0.15, 0.2) is 35.3 Å². The summed E-state index contributed by atoms with van der Waals surface area (Å²) in [5.74, 6) is 0.696. The molecular formula is C13H17N3O. The van der Waals surface area contributed by atoms with Gasteiger partial charge in [0, 0.05) is 11.7 Å². The number of hydrogen-bond donors (Lipinski definition) is 1. The molecule has 1 aromatic rings. The summed E-state index contributed by atoms with van der Waals surface area (Å²) < 4.78 is 0. The minimum absolute atomic E-state index is 0.0541. The zero-order valence-corrected chi connectivity index (χ0v) is 10.3. The van der Waals surface area contributed by atoms with Crippen LogP contribution in [0.1, 0.15) is 20.8 Å². The van der Waals surface area contributed by atoms with Crippen molar-refractivity contribution in [3.05, 3.63) is 30.3 Å². The van der Waals surface area contributed by atoms with Crippen molar-refractivity contribution >= 4 is 17.6 Å². The van der Waals surface area contributed by atoms with E-state index in [9.17, 15) is 4.79 Å². The molecule has 1 heterocycles. The second-order valence-corrected chi connectivity index (χ2v) is 4.42. The summed E-state index contributed by atoms with van der Waals surface area (Å²) in [7, 11) is 0. The number of guanidine groups is 1. The van der Waals surface area contributed by atoms with Crippen LogP contribution in [0.25, 0.3) is 0 Å². The van der Waals surface area contributed by atoms with Crippen LogP contribution in [0.2, 0.25) is 0 Å². The van der Waals surface area contributed by atoms with E-state index in [2.05, 4.69) is 10.3 Å². The predicted molar refractivity (Wildman–Crippen MR) is 68.9 cm³/mol. The van der Waals surface area contributed by atoms with Crippen LogP contribution in [0, 0.1) is 0 Å². The SMILES string of the molecule is CC1N=C(Nc2ccccc2)N(C(C)C)C1=O. The summed E-state index contributed by atoms with van der Waals surface area (Å²) in [6.45, 7) is 5.79. The number of aliphatic imine (C=N–C) groups is 1. The fraction of sp³-hybridized carbons (Fsp3) is 0.385. The van der Waals surface area contributed by atoms with Crippen molar-refractivity contribution in [2.75, 3.05) is 5.32 Å². The summed E-state index contributed by atoms with van der Waals surface area (Å²) in [6.07, 6.45) is 0. The maximum atomic E-state index is 11.9. The number of carbonyl (C=O) groups excluding carboxylic acids is 1. The number of nitrogens with one attached hydrogen (secondary N) is 1. The molecule has 0 radical (unpaired) electrons. The van der Waals surface area contributed by atoms with E-state index in [0.29, 0.717) is 5.96 Å². The van der Waals surface area contributed by atoms with Crippen molar-refractivity contribution in [1.82, 2.24) is 4.90 Å². The van der Waals surface area contributed by atoms with E-state index < -0.39 is 0 Å². The van der Waals surface area contributed by atoms with Gasteiger partial charge in [0.15, 0.2) is 0 Å². The monoisotopic (exact) mass is 231 g/mol. The van der Waals surface area contributed by atoms with Gasteiger partial charge in [-0.05, 0) is 32.9 Å². The number of benzene rings is 1. The Morgan fingerprint density at radius 2 is 1.94 bits per heavy atom. The lowest BCUT2D eigenvalue weighted by Gasteiger charge is -2.23. The number of rotatable bonds is 2. The van der Waals surface area contributed by atoms with Crippen molar-refractivity contribution in [3.63, 3.8) is 0 Å². The molecule has 17 heavy (non-hydrogen) atoms. The predicted octanol–water partition coefficient (Wildman–Crippen LogP) is 2.09. The number of para-hydroxylation sites is 1. The maximum Gasteiger partial charge on any atom is 0.254 e. The van der Waals surface area contributed by atoms with Gasteiger partial charge in [0.1, 0.15) is 6.04 Å². The molecule has 4 heteroatoms. The fourth-order valence-corrected chi connectivity index (χ4v) is 1.85. The summed E-state index contributed by atoms with van der Waals surface area (Å²) >= 11 is 0. The van der Waals surface area contributed by atoms with E-state index in [4.69, 9.17) is 0 Å².